The monoisotopic (exact) mass is 191 g/mol. The highest BCUT2D eigenvalue weighted by atomic mass is 19.1. The van der Waals surface area contributed by atoms with E-state index in [4.69, 9.17) is 0 Å². The van der Waals surface area contributed by atoms with E-state index in [2.05, 4.69) is 11.4 Å². The van der Waals surface area contributed by atoms with Crippen molar-refractivity contribution in [1.82, 2.24) is 5.32 Å². The first kappa shape index (κ1) is 9.25. The Balaban J connectivity index is 2.26. The van der Waals surface area contributed by atoms with E-state index in [1.165, 1.54) is 0 Å². The average Bonchev–Trinajstić information content (AvgIpc) is 2.19. The van der Waals surface area contributed by atoms with Crippen LogP contribution in [0.4, 0.5) is 4.39 Å². The molecule has 0 unspecified atom stereocenters. The van der Waals surface area contributed by atoms with Crippen LogP contribution in [0.25, 0.3) is 0 Å². The molecule has 74 valence electrons. The van der Waals surface area contributed by atoms with Crippen molar-refractivity contribution in [2.45, 2.75) is 13.3 Å². The van der Waals surface area contributed by atoms with Gasteiger partial charge in [-0.25, -0.2) is 4.39 Å². The van der Waals surface area contributed by atoms with Crippen molar-refractivity contribution in [3.8, 4) is 0 Å². The predicted molar refractivity (Wildman–Crippen MR) is 56.3 cm³/mol. The highest BCUT2D eigenvalue weighted by Gasteiger charge is 2.15. The fourth-order valence-corrected chi connectivity index (χ4v) is 1.72. The van der Waals surface area contributed by atoms with E-state index in [1.807, 2.05) is 31.4 Å². The van der Waals surface area contributed by atoms with E-state index in [0.29, 0.717) is 12.3 Å². The minimum Gasteiger partial charge on any atom is -0.387 e. The van der Waals surface area contributed by atoms with E-state index >= 15 is 0 Å². The number of nitrogens with one attached hydrogen (secondary N) is 1. The maximum absolute atomic E-state index is 13.6. The first-order chi connectivity index (χ1) is 6.77. The first-order valence-electron chi connectivity index (χ1n) is 4.94. The number of allylic oxidation sites excluding steroid dienone is 6. The van der Waals surface area contributed by atoms with Crippen LogP contribution >= 0.6 is 0 Å². The minimum atomic E-state index is 0.0119. The van der Waals surface area contributed by atoms with Gasteiger partial charge in [0.25, 0.3) is 0 Å². The van der Waals surface area contributed by atoms with Crippen LogP contribution in [0.15, 0.2) is 47.5 Å². The molecule has 1 heterocycles. The fraction of sp³-hybridized carbons (Fsp3) is 0.333. The Hall–Kier alpha value is -1.31. The van der Waals surface area contributed by atoms with Gasteiger partial charge in [0.05, 0.1) is 0 Å². The maximum Gasteiger partial charge on any atom is 0.108 e. The number of hydrogen-bond donors (Lipinski definition) is 1. The van der Waals surface area contributed by atoms with E-state index < -0.39 is 0 Å². The molecule has 0 aromatic heterocycles. The van der Waals surface area contributed by atoms with E-state index in [9.17, 15) is 4.39 Å². The molecule has 0 spiro atoms. The maximum atomic E-state index is 13.6. The third-order valence-electron chi connectivity index (χ3n) is 2.52. The normalized spacial score (nSPS) is 26.1. The molecule has 1 nitrogen and oxygen atoms in total. The molecule has 0 amide bonds. The molecule has 0 aromatic carbocycles. The molecule has 2 aliphatic rings. The summed E-state index contributed by atoms with van der Waals surface area (Å²) in [7, 11) is 0. The van der Waals surface area contributed by atoms with Crippen LogP contribution in [0.5, 0.6) is 0 Å². The molecular formula is C12H14FN. The summed E-state index contributed by atoms with van der Waals surface area (Å²) in [5.74, 6) is 0.336. The molecule has 0 saturated carbocycles. The Morgan fingerprint density at radius 3 is 2.93 bits per heavy atom. The second-order valence-electron chi connectivity index (χ2n) is 3.76. The summed E-state index contributed by atoms with van der Waals surface area (Å²) in [6.45, 7) is 2.81. The summed E-state index contributed by atoms with van der Waals surface area (Å²) in [6, 6.07) is 0. The summed E-state index contributed by atoms with van der Waals surface area (Å²) in [5, 5.41) is 3.05. The Labute approximate surface area is 83.7 Å². The topological polar surface area (TPSA) is 12.0 Å². The molecule has 0 saturated heterocycles. The standard InChI is InChI=1S/C12H14FN/c1-9-2-3-11(12(13)8-9)10-4-6-14-7-5-10/h2-6,9,14H,7-8H2,1H3/t9-/m0/s1. The summed E-state index contributed by atoms with van der Waals surface area (Å²) in [5.41, 5.74) is 1.74. The Kier molecular flexibility index (Phi) is 2.53. The molecule has 1 N–H and O–H groups in total. The second-order valence-corrected chi connectivity index (χ2v) is 3.76. The van der Waals surface area contributed by atoms with Crippen molar-refractivity contribution in [3.63, 3.8) is 0 Å². The van der Waals surface area contributed by atoms with Crippen LogP contribution < -0.4 is 5.32 Å². The van der Waals surface area contributed by atoms with Gasteiger partial charge in [0, 0.05) is 18.5 Å². The van der Waals surface area contributed by atoms with Crippen LogP contribution in [0.3, 0.4) is 0 Å². The number of rotatable bonds is 1. The molecule has 1 aliphatic heterocycles. The van der Waals surface area contributed by atoms with Gasteiger partial charge < -0.3 is 5.32 Å². The molecule has 14 heavy (non-hydrogen) atoms. The number of halogens is 1. The lowest BCUT2D eigenvalue weighted by Gasteiger charge is -2.16. The van der Waals surface area contributed by atoms with Gasteiger partial charge in [0.2, 0.25) is 0 Å². The van der Waals surface area contributed by atoms with E-state index in [0.717, 1.165) is 17.7 Å². The van der Waals surface area contributed by atoms with Gasteiger partial charge in [-0.05, 0) is 23.8 Å². The first-order valence-corrected chi connectivity index (χ1v) is 4.94. The predicted octanol–water partition coefficient (Wildman–Crippen LogP) is 2.85. The van der Waals surface area contributed by atoms with Gasteiger partial charge >= 0.3 is 0 Å². The minimum absolute atomic E-state index is 0.0119. The molecule has 0 fully saturated rings. The van der Waals surface area contributed by atoms with Gasteiger partial charge in [-0.2, -0.15) is 0 Å². The van der Waals surface area contributed by atoms with Crippen molar-refractivity contribution in [2.24, 2.45) is 5.92 Å². The van der Waals surface area contributed by atoms with Crippen LogP contribution in [0, 0.1) is 5.92 Å². The van der Waals surface area contributed by atoms with Gasteiger partial charge in [0.15, 0.2) is 0 Å². The summed E-state index contributed by atoms with van der Waals surface area (Å²) >= 11 is 0. The smallest absolute Gasteiger partial charge is 0.108 e. The Bertz CT molecular complexity index is 347. The largest absolute Gasteiger partial charge is 0.387 e. The molecule has 0 bridgehead atoms. The Morgan fingerprint density at radius 2 is 2.29 bits per heavy atom. The summed E-state index contributed by atoms with van der Waals surface area (Å²) in [4.78, 5) is 0. The average molecular weight is 191 g/mol. The van der Waals surface area contributed by atoms with Gasteiger partial charge in [0.1, 0.15) is 5.83 Å². The van der Waals surface area contributed by atoms with Crippen molar-refractivity contribution < 1.29 is 4.39 Å². The van der Waals surface area contributed by atoms with E-state index in [1.54, 1.807) is 0 Å². The van der Waals surface area contributed by atoms with Crippen molar-refractivity contribution in [3.05, 3.63) is 47.5 Å². The molecular weight excluding hydrogens is 177 g/mol. The SMILES string of the molecule is C[C@H]1C=CC(C2=CCNC=C2)=C(F)C1. The molecule has 2 heteroatoms. The molecule has 1 atom stereocenters. The van der Waals surface area contributed by atoms with E-state index in [-0.39, 0.29) is 5.83 Å². The lowest BCUT2D eigenvalue weighted by atomic mass is 9.92. The molecule has 2 rings (SSSR count). The summed E-state index contributed by atoms with van der Waals surface area (Å²) in [6.07, 6.45) is 10.3. The third kappa shape index (κ3) is 1.79. The van der Waals surface area contributed by atoms with Gasteiger partial charge in [-0.1, -0.05) is 25.2 Å². The summed E-state index contributed by atoms with van der Waals surface area (Å²) < 4.78 is 13.6. The molecule has 0 aromatic rings. The highest BCUT2D eigenvalue weighted by molar-refractivity contribution is 5.50. The lowest BCUT2D eigenvalue weighted by molar-refractivity contribution is 0.528. The third-order valence-corrected chi connectivity index (χ3v) is 2.52. The lowest BCUT2D eigenvalue weighted by Crippen LogP contribution is -2.10. The van der Waals surface area contributed by atoms with Crippen LogP contribution in [0.1, 0.15) is 13.3 Å². The Morgan fingerprint density at radius 1 is 1.43 bits per heavy atom. The van der Waals surface area contributed by atoms with Crippen LogP contribution in [-0.2, 0) is 0 Å². The van der Waals surface area contributed by atoms with Gasteiger partial charge in [-0.3, -0.25) is 0 Å². The number of hydrogen-bond acceptors (Lipinski definition) is 1. The van der Waals surface area contributed by atoms with Crippen molar-refractivity contribution >= 4 is 0 Å². The quantitative estimate of drug-likeness (QED) is 0.672. The van der Waals surface area contributed by atoms with Crippen LogP contribution in [0.2, 0.25) is 0 Å². The zero-order chi connectivity index (χ0) is 9.97. The zero-order valence-corrected chi connectivity index (χ0v) is 8.26. The zero-order valence-electron chi connectivity index (χ0n) is 8.26. The van der Waals surface area contributed by atoms with Crippen molar-refractivity contribution in [1.29, 1.82) is 0 Å². The molecule has 0 radical (unpaired) electrons. The molecule has 1 aliphatic carbocycles. The second kappa shape index (κ2) is 3.82. The van der Waals surface area contributed by atoms with Crippen molar-refractivity contribution in [2.75, 3.05) is 6.54 Å². The highest BCUT2D eigenvalue weighted by Crippen LogP contribution is 2.29. The fourth-order valence-electron chi connectivity index (χ4n) is 1.72. The number of dihydropyridines is 1. The van der Waals surface area contributed by atoms with Crippen LogP contribution in [-0.4, -0.2) is 6.54 Å². The van der Waals surface area contributed by atoms with Gasteiger partial charge in [-0.15, -0.1) is 0 Å².